The molecular weight excluding hydrogens is 372 g/mol. The smallest absolute Gasteiger partial charge is 0.191 e. The SMILES string of the molecule is CC1(C)O[C@H]2O[C@]3(C=O)C(OCc4ccccc4)[C@]3(OCc3ccccc3)[C@H]2O1. The third kappa shape index (κ3) is 2.86. The normalized spacial score (nSPS) is 36.4. The van der Waals surface area contributed by atoms with Crippen molar-refractivity contribution in [2.75, 3.05) is 0 Å². The molecule has 2 saturated heterocycles. The first-order valence-electron chi connectivity index (χ1n) is 9.84. The van der Waals surface area contributed by atoms with E-state index in [0.717, 1.165) is 17.4 Å². The highest BCUT2D eigenvalue weighted by atomic mass is 16.9. The van der Waals surface area contributed by atoms with Gasteiger partial charge in [0.15, 0.2) is 29.6 Å². The van der Waals surface area contributed by atoms with Crippen LogP contribution >= 0.6 is 0 Å². The lowest BCUT2D eigenvalue weighted by Crippen LogP contribution is -2.40. The molecule has 2 aromatic carbocycles. The monoisotopic (exact) mass is 396 g/mol. The van der Waals surface area contributed by atoms with Crippen molar-refractivity contribution >= 4 is 6.29 Å². The minimum absolute atomic E-state index is 0.317. The summed E-state index contributed by atoms with van der Waals surface area (Å²) in [6, 6.07) is 19.6. The first-order chi connectivity index (χ1) is 14.0. The lowest BCUT2D eigenvalue weighted by molar-refractivity contribution is -0.217. The zero-order chi connectivity index (χ0) is 20.1. The number of hydrogen-bond donors (Lipinski definition) is 0. The van der Waals surface area contributed by atoms with Crippen LogP contribution in [0.25, 0.3) is 0 Å². The summed E-state index contributed by atoms with van der Waals surface area (Å²) in [6.07, 6.45) is -1.00. The van der Waals surface area contributed by atoms with Crippen LogP contribution in [0.4, 0.5) is 0 Å². The second-order valence-corrected chi connectivity index (χ2v) is 8.20. The number of rotatable bonds is 7. The molecule has 2 aliphatic heterocycles. The van der Waals surface area contributed by atoms with Gasteiger partial charge in [-0.05, 0) is 25.0 Å². The highest BCUT2D eigenvalue weighted by Crippen LogP contribution is 2.66. The molecule has 0 amide bonds. The van der Waals surface area contributed by atoms with E-state index in [2.05, 4.69) is 0 Å². The Morgan fingerprint density at radius 3 is 2.14 bits per heavy atom. The standard InChI is InChI=1S/C23H24O6/c1-21(2)27-18-19(28-21)29-22(15-24)20(25-13-16-9-5-3-6-10-16)23(18,22)26-14-17-11-7-4-8-12-17/h3-12,15,18-20H,13-14H2,1-2H3/t18-,19-,20?,22+,23+/m0/s1. The summed E-state index contributed by atoms with van der Waals surface area (Å²) in [4.78, 5) is 12.2. The van der Waals surface area contributed by atoms with Crippen LogP contribution in [-0.4, -0.2) is 41.8 Å². The van der Waals surface area contributed by atoms with Gasteiger partial charge in [-0.2, -0.15) is 0 Å². The van der Waals surface area contributed by atoms with Gasteiger partial charge in [0.05, 0.1) is 13.2 Å². The van der Waals surface area contributed by atoms with E-state index >= 15 is 0 Å². The van der Waals surface area contributed by atoms with E-state index in [0.29, 0.717) is 13.2 Å². The Balaban J connectivity index is 1.42. The zero-order valence-electron chi connectivity index (χ0n) is 16.4. The summed E-state index contributed by atoms with van der Waals surface area (Å²) in [5.41, 5.74) is -0.269. The van der Waals surface area contributed by atoms with Gasteiger partial charge < -0.3 is 23.7 Å². The van der Waals surface area contributed by atoms with Gasteiger partial charge in [-0.15, -0.1) is 0 Å². The van der Waals surface area contributed by atoms with E-state index in [1.54, 1.807) is 0 Å². The van der Waals surface area contributed by atoms with Crippen LogP contribution in [0.15, 0.2) is 60.7 Å². The van der Waals surface area contributed by atoms with Crippen LogP contribution in [-0.2, 0) is 41.7 Å². The fourth-order valence-electron chi connectivity index (χ4n) is 4.49. The minimum atomic E-state index is -1.23. The van der Waals surface area contributed by atoms with Crippen molar-refractivity contribution in [1.82, 2.24) is 0 Å². The molecule has 6 heteroatoms. The maximum absolute atomic E-state index is 12.2. The van der Waals surface area contributed by atoms with E-state index < -0.39 is 35.5 Å². The number of carbonyl (C=O) groups excluding carboxylic acids is 1. The Morgan fingerprint density at radius 2 is 1.52 bits per heavy atom. The molecule has 1 unspecified atom stereocenters. The summed E-state index contributed by atoms with van der Waals surface area (Å²) in [6.45, 7) is 4.31. The molecule has 5 atom stereocenters. The molecule has 2 aromatic rings. The summed E-state index contributed by atoms with van der Waals surface area (Å²) < 4.78 is 30.5. The fourth-order valence-corrected chi connectivity index (χ4v) is 4.49. The van der Waals surface area contributed by atoms with Gasteiger partial charge in [-0.1, -0.05) is 60.7 Å². The first-order valence-corrected chi connectivity index (χ1v) is 9.84. The highest BCUT2D eigenvalue weighted by molar-refractivity contribution is 5.77. The molecule has 0 spiro atoms. The number of benzene rings is 2. The molecular formula is C23H24O6. The van der Waals surface area contributed by atoms with Crippen molar-refractivity contribution in [3.8, 4) is 0 Å². The molecule has 0 radical (unpaired) electrons. The largest absolute Gasteiger partial charge is 0.367 e. The molecule has 3 aliphatic rings. The Hall–Kier alpha value is -2.09. The number of ether oxygens (including phenoxy) is 5. The maximum Gasteiger partial charge on any atom is 0.191 e. The van der Waals surface area contributed by atoms with Gasteiger partial charge in [0.25, 0.3) is 0 Å². The Kier molecular flexibility index (Phi) is 4.38. The van der Waals surface area contributed by atoms with Crippen LogP contribution < -0.4 is 0 Å². The van der Waals surface area contributed by atoms with E-state index in [1.165, 1.54) is 0 Å². The van der Waals surface area contributed by atoms with Gasteiger partial charge in [-0.25, -0.2) is 0 Å². The Morgan fingerprint density at radius 1 is 0.897 bits per heavy atom. The summed E-state index contributed by atoms with van der Waals surface area (Å²) >= 11 is 0. The van der Waals surface area contributed by atoms with Crippen molar-refractivity contribution < 1.29 is 28.5 Å². The molecule has 6 nitrogen and oxygen atoms in total. The third-order valence-corrected chi connectivity index (χ3v) is 5.85. The lowest BCUT2D eigenvalue weighted by atomic mass is 10.1. The van der Waals surface area contributed by atoms with Gasteiger partial charge in [0, 0.05) is 0 Å². The number of fused-ring (bicyclic) bond motifs is 3. The Labute approximate surface area is 169 Å². The Bertz CT molecular complexity index is 885. The van der Waals surface area contributed by atoms with Crippen molar-refractivity contribution in [3.63, 3.8) is 0 Å². The van der Waals surface area contributed by atoms with E-state index in [1.807, 2.05) is 74.5 Å². The van der Waals surface area contributed by atoms with E-state index in [9.17, 15) is 4.79 Å². The van der Waals surface area contributed by atoms with Crippen LogP contribution in [0, 0.1) is 0 Å². The van der Waals surface area contributed by atoms with Gasteiger partial charge >= 0.3 is 0 Å². The summed E-state index contributed by atoms with van der Waals surface area (Å²) in [7, 11) is 0. The fraction of sp³-hybridized carbons (Fsp3) is 0.435. The molecule has 1 saturated carbocycles. The van der Waals surface area contributed by atoms with Gasteiger partial charge in [-0.3, -0.25) is 4.79 Å². The third-order valence-electron chi connectivity index (χ3n) is 5.85. The van der Waals surface area contributed by atoms with Gasteiger partial charge in [0.2, 0.25) is 0 Å². The minimum Gasteiger partial charge on any atom is -0.367 e. The lowest BCUT2D eigenvalue weighted by Gasteiger charge is -2.24. The van der Waals surface area contributed by atoms with Crippen molar-refractivity contribution in [3.05, 3.63) is 71.8 Å². The summed E-state index contributed by atoms with van der Waals surface area (Å²) in [5, 5.41) is 0. The second kappa shape index (κ2) is 6.72. The molecule has 0 aromatic heterocycles. The number of aldehydes is 1. The van der Waals surface area contributed by atoms with Crippen LogP contribution in [0.2, 0.25) is 0 Å². The van der Waals surface area contributed by atoms with Crippen LogP contribution in [0.1, 0.15) is 25.0 Å². The maximum atomic E-state index is 12.2. The molecule has 0 bridgehead atoms. The molecule has 1 aliphatic carbocycles. The van der Waals surface area contributed by atoms with E-state index in [-0.39, 0.29) is 0 Å². The molecule has 152 valence electrons. The molecule has 3 fully saturated rings. The topological polar surface area (TPSA) is 63.2 Å². The molecule has 29 heavy (non-hydrogen) atoms. The van der Waals surface area contributed by atoms with Crippen LogP contribution in [0.3, 0.4) is 0 Å². The van der Waals surface area contributed by atoms with Gasteiger partial charge in [0.1, 0.15) is 12.2 Å². The van der Waals surface area contributed by atoms with E-state index in [4.69, 9.17) is 23.7 Å². The predicted octanol–water partition coefficient (Wildman–Crippen LogP) is 2.99. The van der Waals surface area contributed by atoms with Crippen molar-refractivity contribution in [1.29, 1.82) is 0 Å². The number of hydrogen-bond acceptors (Lipinski definition) is 6. The number of carbonyl (C=O) groups is 1. The summed E-state index contributed by atoms with van der Waals surface area (Å²) in [5.74, 6) is -0.819. The second-order valence-electron chi connectivity index (χ2n) is 8.20. The predicted molar refractivity (Wildman–Crippen MR) is 103 cm³/mol. The quantitative estimate of drug-likeness (QED) is 0.671. The first kappa shape index (κ1) is 18.9. The molecule has 0 N–H and O–H groups in total. The van der Waals surface area contributed by atoms with Crippen molar-refractivity contribution in [2.45, 2.75) is 62.5 Å². The molecule has 2 heterocycles. The molecule has 5 rings (SSSR count). The highest BCUT2D eigenvalue weighted by Gasteiger charge is 2.92. The zero-order valence-corrected chi connectivity index (χ0v) is 16.4. The van der Waals surface area contributed by atoms with Crippen LogP contribution in [0.5, 0.6) is 0 Å². The average Bonchev–Trinajstić information content (AvgIpc) is 2.98. The average molecular weight is 396 g/mol. The van der Waals surface area contributed by atoms with Crippen molar-refractivity contribution in [2.24, 2.45) is 0 Å².